The second-order valence-corrected chi connectivity index (χ2v) is 4.94. The van der Waals surface area contributed by atoms with Gasteiger partial charge in [-0.25, -0.2) is 4.68 Å². The summed E-state index contributed by atoms with van der Waals surface area (Å²) in [5.74, 6) is 0.498. The molecule has 8 heteroatoms. The monoisotopic (exact) mass is 256 g/mol. The van der Waals surface area contributed by atoms with E-state index in [1.165, 1.54) is 11.8 Å². The minimum Gasteiger partial charge on any atom is -0.342 e. The van der Waals surface area contributed by atoms with Crippen molar-refractivity contribution in [2.45, 2.75) is 30.6 Å². The van der Waals surface area contributed by atoms with E-state index in [0.29, 0.717) is 30.0 Å². The van der Waals surface area contributed by atoms with Gasteiger partial charge in [-0.15, -0.1) is 5.10 Å². The number of nitrogens with two attached hydrogens (primary N) is 1. The first kappa shape index (κ1) is 12.3. The van der Waals surface area contributed by atoms with Gasteiger partial charge in [-0.3, -0.25) is 4.79 Å². The van der Waals surface area contributed by atoms with E-state index in [2.05, 4.69) is 15.5 Å². The van der Waals surface area contributed by atoms with Crippen molar-refractivity contribution in [3.8, 4) is 0 Å². The Labute approximate surface area is 104 Å². The van der Waals surface area contributed by atoms with E-state index in [9.17, 15) is 4.79 Å². The summed E-state index contributed by atoms with van der Waals surface area (Å²) in [5, 5.41) is 11.9. The van der Waals surface area contributed by atoms with Crippen molar-refractivity contribution in [1.82, 2.24) is 25.1 Å². The van der Waals surface area contributed by atoms with Gasteiger partial charge >= 0.3 is 0 Å². The molecule has 0 atom stereocenters. The van der Waals surface area contributed by atoms with Crippen molar-refractivity contribution in [2.24, 2.45) is 5.73 Å². The van der Waals surface area contributed by atoms with Gasteiger partial charge in [0.25, 0.3) is 0 Å². The Hall–Kier alpha value is -1.15. The third kappa shape index (κ3) is 3.16. The summed E-state index contributed by atoms with van der Waals surface area (Å²) in [7, 11) is 1.85. The maximum absolute atomic E-state index is 11.8. The molecule has 1 amide bonds. The smallest absolute Gasteiger partial charge is 0.233 e. The summed E-state index contributed by atoms with van der Waals surface area (Å²) in [4.78, 5) is 13.6. The number of aromatic nitrogens is 4. The van der Waals surface area contributed by atoms with Crippen LogP contribution in [0, 0.1) is 0 Å². The molecule has 1 aromatic heterocycles. The molecular formula is C9H16N6OS. The first-order valence-electron chi connectivity index (χ1n) is 5.57. The second-order valence-electron chi connectivity index (χ2n) is 4.00. The fraction of sp³-hybridized carbons (Fsp3) is 0.778. The number of tetrazole rings is 1. The van der Waals surface area contributed by atoms with E-state index in [1.807, 2.05) is 11.9 Å². The molecular weight excluding hydrogens is 240 g/mol. The van der Waals surface area contributed by atoms with Crippen LogP contribution in [0.1, 0.15) is 12.8 Å². The summed E-state index contributed by atoms with van der Waals surface area (Å²) < 4.78 is 1.62. The molecule has 0 aliphatic heterocycles. The van der Waals surface area contributed by atoms with Crippen LogP contribution in [-0.2, 0) is 11.3 Å². The summed E-state index contributed by atoms with van der Waals surface area (Å²) >= 11 is 1.36. The van der Waals surface area contributed by atoms with E-state index in [-0.39, 0.29) is 5.91 Å². The third-order valence-electron chi connectivity index (χ3n) is 2.65. The number of rotatable bonds is 6. The predicted molar refractivity (Wildman–Crippen MR) is 63.4 cm³/mol. The largest absolute Gasteiger partial charge is 0.342 e. The van der Waals surface area contributed by atoms with E-state index < -0.39 is 0 Å². The average Bonchev–Trinajstić information content (AvgIpc) is 3.08. The zero-order valence-corrected chi connectivity index (χ0v) is 10.6. The molecule has 1 aliphatic carbocycles. The molecule has 1 aromatic rings. The van der Waals surface area contributed by atoms with Gasteiger partial charge in [-0.2, -0.15) is 0 Å². The topological polar surface area (TPSA) is 89.9 Å². The summed E-state index contributed by atoms with van der Waals surface area (Å²) in [6.45, 7) is 1.05. The molecule has 2 N–H and O–H groups in total. The van der Waals surface area contributed by atoms with Crippen LogP contribution in [0.2, 0.25) is 0 Å². The molecule has 1 aliphatic rings. The molecule has 1 saturated carbocycles. The fourth-order valence-electron chi connectivity index (χ4n) is 1.46. The summed E-state index contributed by atoms with van der Waals surface area (Å²) in [6, 6.07) is 0.447. The summed E-state index contributed by atoms with van der Waals surface area (Å²) in [5.41, 5.74) is 5.44. The van der Waals surface area contributed by atoms with Gasteiger partial charge in [0.15, 0.2) is 0 Å². The minimum atomic E-state index is 0.125. The van der Waals surface area contributed by atoms with Crippen LogP contribution in [0.5, 0.6) is 0 Å². The number of amides is 1. The molecule has 0 spiro atoms. The van der Waals surface area contributed by atoms with Gasteiger partial charge in [-0.1, -0.05) is 11.8 Å². The fourth-order valence-corrected chi connectivity index (χ4v) is 2.28. The molecule has 94 valence electrons. The van der Waals surface area contributed by atoms with Crippen LogP contribution in [0.25, 0.3) is 0 Å². The first-order valence-corrected chi connectivity index (χ1v) is 6.55. The maximum atomic E-state index is 11.8. The average molecular weight is 256 g/mol. The Morgan fingerprint density at radius 1 is 1.65 bits per heavy atom. The van der Waals surface area contributed by atoms with Crippen molar-refractivity contribution in [1.29, 1.82) is 0 Å². The van der Waals surface area contributed by atoms with Crippen molar-refractivity contribution in [3.05, 3.63) is 0 Å². The lowest BCUT2D eigenvalue weighted by Crippen LogP contribution is -2.30. The molecule has 1 fully saturated rings. The molecule has 17 heavy (non-hydrogen) atoms. The number of carbonyl (C=O) groups excluding carboxylic acids is 1. The van der Waals surface area contributed by atoms with Gasteiger partial charge in [0, 0.05) is 19.6 Å². The summed E-state index contributed by atoms with van der Waals surface area (Å²) in [6.07, 6.45) is 2.25. The van der Waals surface area contributed by atoms with Crippen LogP contribution < -0.4 is 5.73 Å². The minimum absolute atomic E-state index is 0.125. The van der Waals surface area contributed by atoms with Crippen LogP contribution in [0.15, 0.2) is 5.16 Å². The number of hydrogen-bond donors (Lipinski definition) is 1. The third-order valence-corrected chi connectivity index (χ3v) is 3.59. The van der Waals surface area contributed by atoms with Gasteiger partial charge in [0.2, 0.25) is 11.1 Å². The molecule has 0 unspecified atom stereocenters. The normalized spacial score (nSPS) is 14.9. The van der Waals surface area contributed by atoms with Gasteiger partial charge in [0.1, 0.15) is 0 Å². The highest BCUT2D eigenvalue weighted by molar-refractivity contribution is 7.99. The maximum Gasteiger partial charge on any atom is 0.233 e. The van der Waals surface area contributed by atoms with E-state index in [0.717, 1.165) is 12.8 Å². The van der Waals surface area contributed by atoms with Gasteiger partial charge in [-0.05, 0) is 23.3 Å². The number of hydrogen-bond acceptors (Lipinski definition) is 6. The van der Waals surface area contributed by atoms with E-state index >= 15 is 0 Å². The molecule has 0 saturated heterocycles. The molecule has 1 heterocycles. The quantitative estimate of drug-likeness (QED) is 0.680. The number of thioether (sulfide) groups is 1. The highest BCUT2D eigenvalue weighted by atomic mass is 32.2. The van der Waals surface area contributed by atoms with Crippen molar-refractivity contribution in [3.63, 3.8) is 0 Å². The molecule has 0 bridgehead atoms. The van der Waals surface area contributed by atoms with Gasteiger partial charge in [0.05, 0.1) is 12.3 Å². The highest BCUT2D eigenvalue weighted by Crippen LogP contribution is 2.26. The van der Waals surface area contributed by atoms with Crippen molar-refractivity contribution < 1.29 is 4.79 Å². The Kier molecular flexibility index (Phi) is 3.95. The zero-order valence-electron chi connectivity index (χ0n) is 9.74. The Morgan fingerprint density at radius 3 is 3.06 bits per heavy atom. The Balaban J connectivity index is 1.84. The van der Waals surface area contributed by atoms with Crippen LogP contribution in [0.4, 0.5) is 0 Å². The van der Waals surface area contributed by atoms with Crippen molar-refractivity contribution >= 4 is 17.7 Å². The molecule has 0 radical (unpaired) electrons. The molecule has 0 aromatic carbocycles. The first-order chi connectivity index (χ1) is 8.22. The number of carbonyl (C=O) groups is 1. The second kappa shape index (κ2) is 5.46. The predicted octanol–water partition coefficient (Wildman–Crippen LogP) is -0.655. The molecule has 7 nitrogen and oxygen atoms in total. The van der Waals surface area contributed by atoms with Gasteiger partial charge < -0.3 is 10.6 Å². The Bertz CT molecular complexity index is 391. The van der Waals surface area contributed by atoms with E-state index in [1.54, 1.807) is 4.68 Å². The lowest BCUT2D eigenvalue weighted by molar-refractivity contribution is -0.127. The number of nitrogens with zero attached hydrogens (tertiary/aromatic N) is 5. The SMILES string of the molecule is CN(C(=O)CSc1nnnn1CCN)C1CC1. The van der Waals surface area contributed by atoms with Crippen LogP contribution >= 0.6 is 11.8 Å². The lowest BCUT2D eigenvalue weighted by Gasteiger charge is -2.15. The standard InChI is InChI=1S/C9H16N6OS/c1-14(7-2-3-7)8(16)6-17-9-11-12-13-15(9)5-4-10/h7H,2-6,10H2,1H3. The molecule has 2 rings (SSSR count). The zero-order chi connectivity index (χ0) is 12.3. The van der Waals surface area contributed by atoms with E-state index in [4.69, 9.17) is 5.73 Å². The Morgan fingerprint density at radius 2 is 2.41 bits per heavy atom. The van der Waals surface area contributed by atoms with Crippen molar-refractivity contribution in [2.75, 3.05) is 19.3 Å². The van der Waals surface area contributed by atoms with Crippen LogP contribution in [0.3, 0.4) is 0 Å². The highest BCUT2D eigenvalue weighted by Gasteiger charge is 2.29. The lowest BCUT2D eigenvalue weighted by atomic mass is 10.5. The van der Waals surface area contributed by atoms with Crippen LogP contribution in [-0.4, -0.2) is 56.4 Å².